The maximum Gasteiger partial charge on any atom is 0.321 e. The largest absolute Gasteiger partial charge is 0.480 e. The van der Waals surface area contributed by atoms with Gasteiger partial charge in [0, 0.05) is 6.54 Å². The second kappa shape index (κ2) is 6.50. The Balaban J connectivity index is 3.50. The van der Waals surface area contributed by atoms with Crippen molar-refractivity contribution in [2.45, 2.75) is 18.9 Å². The van der Waals surface area contributed by atoms with Crippen LogP contribution >= 0.6 is 11.8 Å². The van der Waals surface area contributed by atoms with E-state index in [1.165, 1.54) is 0 Å². The molecule has 13 heavy (non-hydrogen) atoms. The van der Waals surface area contributed by atoms with Gasteiger partial charge in [0.25, 0.3) is 0 Å². The molecule has 7 heteroatoms. The van der Waals surface area contributed by atoms with Gasteiger partial charge in [-0.2, -0.15) is 0 Å². The lowest BCUT2D eigenvalue weighted by Crippen LogP contribution is -2.33. The van der Waals surface area contributed by atoms with Crippen molar-refractivity contribution < 1.29 is 14.7 Å². The first-order valence-electron chi connectivity index (χ1n) is 3.70. The second-order valence-electron chi connectivity index (χ2n) is 2.43. The number of carbonyl (C=O) groups excluding carboxylic acids is 1. The van der Waals surface area contributed by atoms with Crippen molar-refractivity contribution in [3.8, 4) is 0 Å². The molecule has 0 unspecified atom stereocenters. The lowest BCUT2D eigenvalue weighted by molar-refractivity contribution is -0.139. The van der Waals surface area contributed by atoms with Crippen molar-refractivity contribution in [2.24, 2.45) is 5.73 Å². The van der Waals surface area contributed by atoms with Gasteiger partial charge in [-0.1, -0.05) is 0 Å². The van der Waals surface area contributed by atoms with Crippen LogP contribution in [0.15, 0.2) is 0 Å². The van der Waals surface area contributed by atoms with Crippen LogP contribution in [0.25, 0.3) is 0 Å². The van der Waals surface area contributed by atoms with Gasteiger partial charge in [-0.15, -0.1) is 0 Å². The maximum absolute atomic E-state index is 10.4. The molecule has 0 rings (SSSR count). The van der Waals surface area contributed by atoms with E-state index in [1.54, 1.807) is 0 Å². The van der Waals surface area contributed by atoms with E-state index in [1.807, 2.05) is 0 Å². The van der Waals surface area contributed by atoms with E-state index in [-0.39, 0.29) is 0 Å². The zero-order valence-corrected chi connectivity index (χ0v) is 7.67. The fourth-order valence-electron chi connectivity index (χ4n) is 0.742. The molecule has 0 saturated heterocycles. The van der Waals surface area contributed by atoms with Crippen molar-refractivity contribution in [2.75, 3.05) is 6.54 Å². The highest BCUT2D eigenvalue weighted by Gasteiger charge is 2.14. The number of hydrogen-bond acceptors (Lipinski definition) is 3. The maximum atomic E-state index is 10.4. The zero-order chi connectivity index (χ0) is 10.3. The number of primary amides is 1. The highest BCUT2D eigenvalue weighted by atomic mass is 35.5. The van der Waals surface area contributed by atoms with E-state index in [0.717, 1.165) is 0 Å². The number of carboxylic acids is 1. The van der Waals surface area contributed by atoms with E-state index in [4.69, 9.17) is 22.6 Å². The molecular weight excluding hydrogens is 198 g/mol. The van der Waals surface area contributed by atoms with Crippen LogP contribution in [0, 0.1) is 0 Å². The highest BCUT2D eigenvalue weighted by molar-refractivity contribution is 6.14. The Labute approximate surface area is 80.5 Å². The summed E-state index contributed by atoms with van der Waals surface area (Å²) in [4.78, 5) is 22.7. The predicted molar refractivity (Wildman–Crippen MR) is 47.2 cm³/mol. The lowest BCUT2D eigenvalue weighted by Gasteiger charge is -2.08. The summed E-state index contributed by atoms with van der Waals surface area (Å²) >= 11 is 5.16. The lowest BCUT2D eigenvalue weighted by atomic mass is 10.2. The normalized spacial score (nSPS) is 12.1. The average molecular weight is 210 g/mol. The number of carbonyl (C=O) groups is 2. The van der Waals surface area contributed by atoms with E-state index < -0.39 is 18.0 Å². The number of aliphatic carboxylic acids is 1. The van der Waals surface area contributed by atoms with Crippen LogP contribution in [0.4, 0.5) is 4.79 Å². The Kier molecular flexibility index (Phi) is 5.99. The Hall–Kier alpha value is -1.01. The van der Waals surface area contributed by atoms with Crippen LogP contribution < -0.4 is 15.9 Å². The molecule has 0 aliphatic rings. The van der Waals surface area contributed by atoms with Crippen LogP contribution in [0.1, 0.15) is 12.8 Å². The molecule has 0 aromatic heterocycles. The number of nitrogens with one attached hydrogen (secondary N) is 2. The average Bonchev–Trinajstić information content (AvgIpc) is 2.03. The van der Waals surface area contributed by atoms with Crippen molar-refractivity contribution in [3.05, 3.63) is 0 Å². The quantitative estimate of drug-likeness (QED) is 0.354. The third-order valence-electron chi connectivity index (χ3n) is 1.40. The van der Waals surface area contributed by atoms with Gasteiger partial charge in [0.1, 0.15) is 6.04 Å². The molecule has 0 aromatic carbocycles. The molecule has 2 amide bonds. The Morgan fingerprint density at radius 3 is 2.54 bits per heavy atom. The highest BCUT2D eigenvalue weighted by Crippen LogP contribution is 1.97. The van der Waals surface area contributed by atoms with Crippen LogP contribution in [0.5, 0.6) is 0 Å². The number of carboxylic acid groups (broad SMARTS) is 1. The minimum atomic E-state index is -1.02. The smallest absolute Gasteiger partial charge is 0.321 e. The van der Waals surface area contributed by atoms with E-state index >= 15 is 0 Å². The summed E-state index contributed by atoms with van der Waals surface area (Å²) in [5.41, 5.74) is 4.79. The van der Waals surface area contributed by atoms with E-state index in [2.05, 4.69) is 10.2 Å². The summed E-state index contributed by atoms with van der Waals surface area (Å²) in [5.74, 6) is -1.02. The zero-order valence-electron chi connectivity index (χ0n) is 6.92. The van der Waals surface area contributed by atoms with Gasteiger partial charge >= 0.3 is 12.0 Å². The molecule has 0 bridgehead atoms. The third kappa shape index (κ3) is 6.18. The summed E-state index contributed by atoms with van der Waals surface area (Å²) in [6.07, 6.45) is 0.832. The Morgan fingerprint density at radius 1 is 1.54 bits per heavy atom. The molecule has 0 radical (unpaired) electrons. The fraction of sp³-hybridized carbons (Fsp3) is 0.667. The standard InChI is InChI=1S/C6H12ClN3O3/c7-10-4(5(11)12)2-1-3-9-6(8)13/h4,10H,1-3H2,(H,11,12)(H3,8,9,13)/t4-/m0/s1. The number of amides is 2. The molecule has 0 aliphatic carbocycles. The van der Waals surface area contributed by atoms with Crippen molar-refractivity contribution >= 4 is 23.8 Å². The Bertz CT molecular complexity index is 188. The van der Waals surface area contributed by atoms with Crippen LogP contribution in [-0.2, 0) is 4.79 Å². The van der Waals surface area contributed by atoms with E-state index in [9.17, 15) is 9.59 Å². The molecule has 5 N–H and O–H groups in total. The predicted octanol–water partition coefficient (Wildman–Crippen LogP) is -0.369. The molecule has 0 aliphatic heterocycles. The Morgan fingerprint density at radius 2 is 2.15 bits per heavy atom. The molecule has 1 atom stereocenters. The second-order valence-corrected chi connectivity index (χ2v) is 2.65. The van der Waals surface area contributed by atoms with E-state index in [0.29, 0.717) is 19.4 Å². The van der Waals surface area contributed by atoms with Gasteiger partial charge in [-0.05, 0) is 24.6 Å². The molecule has 0 heterocycles. The number of urea groups is 1. The SMILES string of the molecule is NC(=O)NCCC[C@H](NCl)C(=O)O. The third-order valence-corrected chi connectivity index (χ3v) is 1.66. The van der Waals surface area contributed by atoms with Gasteiger partial charge in [-0.3, -0.25) is 4.79 Å². The van der Waals surface area contributed by atoms with Crippen LogP contribution in [0.3, 0.4) is 0 Å². The molecule has 0 saturated carbocycles. The van der Waals surface area contributed by atoms with Gasteiger partial charge < -0.3 is 16.2 Å². The number of rotatable bonds is 6. The van der Waals surface area contributed by atoms with Crippen molar-refractivity contribution in [1.29, 1.82) is 0 Å². The van der Waals surface area contributed by atoms with Gasteiger partial charge in [-0.25, -0.2) is 9.63 Å². The summed E-state index contributed by atoms with van der Waals surface area (Å²) in [6.45, 7) is 0.345. The van der Waals surface area contributed by atoms with Gasteiger partial charge in [0.05, 0.1) is 0 Å². The first-order chi connectivity index (χ1) is 6.07. The summed E-state index contributed by atoms with van der Waals surface area (Å²) in [6, 6.07) is -1.41. The summed E-state index contributed by atoms with van der Waals surface area (Å²) < 4.78 is 0. The molecule has 76 valence electrons. The molecule has 0 fully saturated rings. The summed E-state index contributed by atoms with van der Waals surface area (Å²) in [5, 5.41) is 10.9. The minimum absolute atomic E-state index is 0.332. The minimum Gasteiger partial charge on any atom is -0.480 e. The summed E-state index contributed by atoms with van der Waals surface area (Å²) in [7, 11) is 0. The fourth-order valence-corrected chi connectivity index (χ4v) is 0.945. The molecule has 0 aromatic rings. The first-order valence-corrected chi connectivity index (χ1v) is 4.08. The van der Waals surface area contributed by atoms with Crippen molar-refractivity contribution in [3.63, 3.8) is 0 Å². The molecule has 6 nitrogen and oxygen atoms in total. The first kappa shape index (κ1) is 12.0. The van der Waals surface area contributed by atoms with Crippen LogP contribution in [-0.4, -0.2) is 29.7 Å². The van der Waals surface area contributed by atoms with Crippen molar-refractivity contribution in [1.82, 2.24) is 10.2 Å². The van der Waals surface area contributed by atoms with Gasteiger partial charge in [0.15, 0.2) is 0 Å². The number of nitrogens with two attached hydrogens (primary N) is 1. The number of halogens is 1. The van der Waals surface area contributed by atoms with Gasteiger partial charge in [0.2, 0.25) is 0 Å². The number of hydrogen-bond donors (Lipinski definition) is 4. The molecule has 0 spiro atoms. The topological polar surface area (TPSA) is 104 Å². The van der Waals surface area contributed by atoms with Crippen LogP contribution in [0.2, 0.25) is 0 Å². The monoisotopic (exact) mass is 209 g/mol. The molecular formula is C6H12ClN3O3.